The number of thioether (sulfide) groups is 1. The van der Waals surface area contributed by atoms with E-state index in [2.05, 4.69) is 46.0 Å². The molecule has 0 unspecified atom stereocenters. The summed E-state index contributed by atoms with van der Waals surface area (Å²) in [5.41, 5.74) is 9.26. The number of nitrogens with one attached hydrogen (secondary N) is 1. The summed E-state index contributed by atoms with van der Waals surface area (Å²) in [6.45, 7) is 1.93. The molecule has 0 aliphatic rings. The predicted octanol–water partition coefficient (Wildman–Crippen LogP) is 0.838. The third kappa shape index (κ3) is 5.15. The molecule has 0 saturated carbocycles. The third-order valence-corrected chi connectivity index (χ3v) is 5.27. The van der Waals surface area contributed by atoms with Gasteiger partial charge in [0, 0.05) is 12.8 Å². The van der Waals surface area contributed by atoms with E-state index in [1.54, 1.807) is 24.9 Å². The second-order valence-corrected chi connectivity index (χ2v) is 7.61. The maximum absolute atomic E-state index is 12.8. The molecule has 0 radical (unpaired) electrons. The van der Waals surface area contributed by atoms with Crippen LogP contribution in [0.2, 0.25) is 0 Å². The maximum Gasteiger partial charge on any atom is 0.293 e. The van der Waals surface area contributed by atoms with Gasteiger partial charge in [0.15, 0.2) is 10.9 Å². The highest BCUT2D eigenvalue weighted by Gasteiger charge is 2.24. The van der Waals surface area contributed by atoms with E-state index in [1.807, 2.05) is 30.3 Å². The molecule has 170 valence electrons. The van der Waals surface area contributed by atoms with Gasteiger partial charge in [-0.1, -0.05) is 35.2 Å². The van der Waals surface area contributed by atoms with Crippen molar-refractivity contribution in [3.05, 3.63) is 48.0 Å². The molecule has 14 nitrogen and oxygen atoms in total. The Bertz CT molecular complexity index is 1260. The van der Waals surface area contributed by atoms with E-state index in [9.17, 15) is 4.79 Å². The molecule has 4 aromatic rings. The molecule has 0 aliphatic carbocycles. The van der Waals surface area contributed by atoms with Crippen molar-refractivity contribution < 1.29 is 14.2 Å². The summed E-state index contributed by atoms with van der Waals surface area (Å²) in [5.74, 6) is 0.510. The van der Waals surface area contributed by atoms with Crippen LogP contribution in [-0.2, 0) is 12.8 Å². The van der Waals surface area contributed by atoms with Gasteiger partial charge in [0.25, 0.3) is 5.91 Å². The van der Waals surface area contributed by atoms with Gasteiger partial charge in [-0.3, -0.25) is 4.79 Å². The Morgan fingerprint density at radius 2 is 2.09 bits per heavy atom. The van der Waals surface area contributed by atoms with E-state index < -0.39 is 5.91 Å². The van der Waals surface area contributed by atoms with Gasteiger partial charge in [0.1, 0.15) is 18.7 Å². The highest BCUT2D eigenvalue weighted by molar-refractivity contribution is 7.98. The Balaban J connectivity index is 1.50. The summed E-state index contributed by atoms with van der Waals surface area (Å²) in [6, 6.07) is 9.28. The lowest BCUT2D eigenvalue weighted by atomic mass is 10.3. The lowest BCUT2D eigenvalue weighted by Crippen LogP contribution is -2.23. The summed E-state index contributed by atoms with van der Waals surface area (Å²) in [5, 5.41) is 27.9. The molecule has 0 atom stereocenters. The molecule has 3 N–H and O–H groups in total. The van der Waals surface area contributed by atoms with Crippen LogP contribution in [0.5, 0.6) is 5.75 Å². The van der Waals surface area contributed by atoms with Crippen molar-refractivity contribution in [2.75, 3.05) is 12.3 Å². The number of hydrazone groups is 1. The van der Waals surface area contributed by atoms with Gasteiger partial charge < -0.3 is 15.0 Å². The quantitative estimate of drug-likeness (QED) is 0.202. The first-order valence-electron chi connectivity index (χ1n) is 9.54. The van der Waals surface area contributed by atoms with Crippen molar-refractivity contribution >= 4 is 29.2 Å². The highest BCUT2D eigenvalue weighted by atomic mass is 32.2. The van der Waals surface area contributed by atoms with Crippen molar-refractivity contribution in [2.45, 2.75) is 17.8 Å². The van der Waals surface area contributed by atoms with Crippen molar-refractivity contribution in [1.29, 1.82) is 0 Å². The number of nitrogens with zero attached hydrogens (tertiary/aromatic N) is 9. The third-order valence-electron chi connectivity index (χ3n) is 4.22. The SMILES string of the molecule is CC(COc1ccccc1)=NNC(=O)c1nnn(-c2nonc2N)c1CSc1nncn1C. The molecule has 4 rings (SSSR count). The standard InChI is InChI=1S/C18H19N11O3S/c1-11(8-31-12-6-4-3-5-7-12)21-23-17(30)14-13(9-33-18-24-20-10-28(18)2)29(27-22-14)16-15(19)25-32-26-16/h3-7,10H,8-9H2,1-2H3,(H2,19,25)(H,23,30). The second-order valence-electron chi connectivity index (χ2n) is 6.67. The van der Waals surface area contributed by atoms with Crippen LogP contribution >= 0.6 is 11.8 Å². The first-order chi connectivity index (χ1) is 16.0. The molecular formula is C18H19N11O3S. The number of anilines is 1. The molecule has 33 heavy (non-hydrogen) atoms. The van der Waals surface area contributed by atoms with Gasteiger partial charge in [0.2, 0.25) is 11.6 Å². The van der Waals surface area contributed by atoms with Crippen LogP contribution < -0.4 is 15.9 Å². The average molecular weight is 469 g/mol. The minimum Gasteiger partial charge on any atom is -0.488 e. The zero-order chi connectivity index (χ0) is 23.2. The first kappa shape index (κ1) is 21.9. The van der Waals surface area contributed by atoms with Crippen LogP contribution in [0, 0.1) is 0 Å². The predicted molar refractivity (Wildman–Crippen MR) is 117 cm³/mol. The van der Waals surface area contributed by atoms with Crippen LogP contribution in [-0.4, -0.2) is 58.3 Å². The Kier molecular flexibility index (Phi) is 6.58. The van der Waals surface area contributed by atoms with Gasteiger partial charge in [-0.2, -0.15) is 9.78 Å². The summed E-state index contributed by atoms with van der Waals surface area (Å²) in [7, 11) is 1.81. The van der Waals surface area contributed by atoms with Gasteiger partial charge in [-0.25, -0.2) is 10.1 Å². The second kappa shape index (κ2) is 9.90. The Labute approximate surface area is 191 Å². The van der Waals surface area contributed by atoms with Crippen molar-refractivity contribution in [1.82, 2.24) is 45.5 Å². The minimum atomic E-state index is -0.566. The average Bonchev–Trinajstić information content (AvgIpc) is 3.54. The number of para-hydroxylation sites is 1. The number of amides is 1. The van der Waals surface area contributed by atoms with Gasteiger partial charge in [0.05, 0.1) is 11.4 Å². The fraction of sp³-hybridized carbons (Fsp3) is 0.222. The van der Waals surface area contributed by atoms with Crippen LogP contribution in [0.15, 0.2) is 51.5 Å². The molecule has 3 aromatic heterocycles. The van der Waals surface area contributed by atoms with Crippen molar-refractivity contribution in [2.24, 2.45) is 12.1 Å². The molecular weight excluding hydrogens is 450 g/mol. The Morgan fingerprint density at radius 3 is 2.79 bits per heavy atom. The number of hydrogen-bond acceptors (Lipinski definition) is 12. The Hall–Kier alpha value is -4.27. The molecule has 15 heteroatoms. The fourth-order valence-corrected chi connectivity index (χ4v) is 3.47. The smallest absolute Gasteiger partial charge is 0.293 e. The fourth-order valence-electron chi connectivity index (χ4n) is 2.59. The van der Waals surface area contributed by atoms with Gasteiger partial charge in [-0.15, -0.1) is 15.3 Å². The number of carbonyl (C=O) groups excluding carboxylic acids is 1. The summed E-state index contributed by atoms with van der Waals surface area (Å²) >= 11 is 1.32. The van der Waals surface area contributed by atoms with Crippen molar-refractivity contribution in [3.63, 3.8) is 0 Å². The number of ether oxygens (including phenoxy) is 1. The lowest BCUT2D eigenvalue weighted by Gasteiger charge is -2.07. The molecule has 0 aliphatic heterocycles. The topological polar surface area (TPSA) is 177 Å². The number of nitrogens with two attached hydrogens (primary N) is 1. The normalized spacial score (nSPS) is 11.5. The number of aryl methyl sites for hydroxylation is 1. The highest BCUT2D eigenvalue weighted by Crippen LogP contribution is 2.24. The molecule has 1 aromatic carbocycles. The molecule has 3 heterocycles. The largest absolute Gasteiger partial charge is 0.488 e. The zero-order valence-corrected chi connectivity index (χ0v) is 18.4. The zero-order valence-electron chi connectivity index (χ0n) is 17.6. The van der Waals surface area contributed by atoms with E-state index >= 15 is 0 Å². The molecule has 0 fully saturated rings. The lowest BCUT2D eigenvalue weighted by molar-refractivity contribution is 0.0949. The summed E-state index contributed by atoms with van der Waals surface area (Å²) < 4.78 is 13.3. The molecule has 1 amide bonds. The van der Waals surface area contributed by atoms with Gasteiger partial charge >= 0.3 is 0 Å². The minimum absolute atomic E-state index is 0.00342. The number of hydrogen-bond donors (Lipinski definition) is 2. The number of aromatic nitrogens is 8. The first-order valence-corrected chi connectivity index (χ1v) is 10.5. The monoisotopic (exact) mass is 469 g/mol. The maximum atomic E-state index is 12.8. The van der Waals surface area contributed by atoms with E-state index in [-0.39, 0.29) is 29.7 Å². The van der Waals surface area contributed by atoms with Crippen LogP contribution in [0.25, 0.3) is 5.82 Å². The summed E-state index contributed by atoms with van der Waals surface area (Å²) in [4.78, 5) is 12.8. The molecule has 0 saturated heterocycles. The van der Waals surface area contributed by atoms with Crippen LogP contribution in [0.3, 0.4) is 0 Å². The van der Waals surface area contributed by atoms with Crippen LogP contribution in [0.1, 0.15) is 23.1 Å². The van der Waals surface area contributed by atoms with Crippen LogP contribution in [0.4, 0.5) is 5.82 Å². The number of benzene rings is 1. The van der Waals surface area contributed by atoms with E-state index in [1.165, 1.54) is 16.4 Å². The van der Waals surface area contributed by atoms with Gasteiger partial charge in [-0.05, 0) is 29.4 Å². The van der Waals surface area contributed by atoms with E-state index in [0.717, 1.165) is 0 Å². The van der Waals surface area contributed by atoms with E-state index in [0.29, 0.717) is 22.3 Å². The molecule has 0 bridgehead atoms. The Morgan fingerprint density at radius 1 is 1.27 bits per heavy atom. The molecule has 0 spiro atoms. The van der Waals surface area contributed by atoms with E-state index in [4.69, 9.17) is 10.5 Å². The summed E-state index contributed by atoms with van der Waals surface area (Å²) in [6.07, 6.45) is 1.57. The number of carbonyl (C=O) groups is 1. The number of nitrogen functional groups attached to an aromatic ring is 1. The van der Waals surface area contributed by atoms with Crippen molar-refractivity contribution in [3.8, 4) is 11.6 Å². The number of rotatable bonds is 9.